The first-order chi connectivity index (χ1) is 12.4. The third-order valence-electron chi connectivity index (χ3n) is 3.55. The van der Waals surface area contributed by atoms with Crippen LogP contribution in [0.3, 0.4) is 0 Å². The van der Waals surface area contributed by atoms with Gasteiger partial charge < -0.3 is 23.7 Å². The molecule has 0 aliphatic heterocycles. The van der Waals surface area contributed by atoms with Crippen LogP contribution in [-0.4, -0.2) is 71.9 Å². The Hall–Kier alpha value is 0.0900. The number of rotatable bonds is 22. The topological polar surface area (TPSA) is 46.2 Å². The summed E-state index contributed by atoms with van der Waals surface area (Å²) in [6.07, 6.45) is 8.18. The van der Waals surface area contributed by atoms with Crippen molar-refractivity contribution in [1.82, 2.24) is 0 Å². The molecule has 0 bridgehead atoms. The normalized spacial score (nSPS) is 11.3. The van der Waals surface area contributed by atoms with Crippen LogP contribution in [0.1, 0.15) is 51.9 Å². The van der Waals surface area contributed by atoms with E-state index in [2.05, 4.69) is 6.92 Å². The van der Waals surface area contributed by atoms with Gasteiger partial charge in [0.05, 0.1) is 52.9 Å². The van der Waals surface area contributed by atoms with E-state index < -0.39 is 0 Å². The van der Waals surface area contributed by atoms with Crippen LogP contribution in [0.15, 0.2) is 0 Å². The van der Waals surface area contributed by atoms with Crippen molar-refractivity contribution in [2.75, 3.05) is 71.9 Å². The zero-order chi connectivity index (χ0) is 18.3. The SMILES string of the molecule is CCCCCOCCOCCOCCOCCOCCCCCCCl. The molecule has 0 N–H and O–H groups in total. The van der Waals surface area contributed by atoms with Crippen molar-refractivity contribution in [1.29, 1.82) is 0 Å². The zero-order valence-corrected chi connectivity index (χ0v) is 16.9. The quantitative estimate of drug-likeness (QED) is 0.209. The van der Waals surface area contributed by atoms with E-state index in [4.69, 9.17) is 35.3 Å². The molecule has 0 saturated carbocycles. The lowest BCUT2D eigenvalue weighted by molar-refractivity contribution is -0.0114. The maximum absolute atomic E-state index is 5.62. The molecule has 0 amide bonds. The average molecular weight is 383 g/mol. The van der Waals surface area contributed by atoms with Gasteiger partial charge in [0.25, 0.3) is 0 Å². The van der Waals surface area contributed by atoms with Crippen molar-refractivity contribution in [3.8, 4) is 0 Å². The summed E-state index contributed by atoms with van der Waals surface area (Å²) in [5.41, 5.74) is 0. The number of ether oxygens (including phenoxy) is 5. The fraction of sp³-hybridized carbons (Fsp3) is 1.00. The molecule has 0 aromatic rings. The predicted octanol–water partition coefficient (Wildman–Crippen LogP) is 4.06. The van der Waals surface area contributed by atoms with Crippen molar-refractivity contribution in [2.45, 2.75) is 51.9 Å². The van der Waals surface area contributed by atoms with Crippen LogP contribution in [0, 0.1) is 0 Å². The second-order valence-corrected chi connectivity index (χ2v) is 6.25. The fourth-order valence-electron chi connectivity index (χ4n) is 2.09. The zero-order valence-electron chi connectivity index (χ0n) is 16.1. The van der Waals surface area contributed by atoms with E-state index in [0.717, 1.165) is 38.4 Å². The van der Waals surface area contributed by atoms with Crippen LogP contribution in [0.25, 0.3) is 0 Å². The monoisotopic (exact) mass is 382 g/mol. The number of hydrogen-bond donors (Lipinski definition) is 0. The van der Waals surface area contributed by atoms with Gasteiger partial charge in [-0.05, 0) is 19.3 Å². The molecule has 25 heavy (non-hydrogen) atoms. The van der Waals surface area contributed by atoms with Crippen molar-refractivity contribution in [3.05, 3.63) is 0 Å². The van der Waals surface area contributed by atoms with Crippen LogP contribution in [0.2, 0.25) is 0 Å². The molecule has 5 nitrogen and oxygen atoms in total. The van der Waals surface area contributed by atoms with E-state index in [1.54, 1.807) is 0 Å². The first kappa shape index (κ1) is 25.1. The van der Waals surface area contributed by atoms with E-state index in [1.165, 1.54) is 25.7 Å². The van der Waals surface area contributed by atoms with Gasteiger partial charge in [-0.15, -0.1) is 11.6 Å². The summed E-state index contributed by atoms with van der Waals surface area (Å²) in [6.45, 7) is 8.79. The Morgan fingerprint density at radius 2 is 0.800 bits per heavy atom. The lowest BCUT2D eigenvalue weighted by atomic mass is 10.2. The molecule has 0 aliphatic carbocycles. The van der Waals surface area contributed by atoms with E-state index >= 15 is 0 Å². The first-order valence-electron chi connectivity index (χ1n) is 9.86. The van der Waals surface area contributed by atoms with E-state index in [1.807, 2.05) is 0 Å². The predicted molar refractivity (Wildman–Crippen MR) is 103 cm³/mol. The Labute approximate surface area is 159 Å². The number of hydrogen-bond acceptors (Lipinski definition) is 5. The third kappa shape index (κ3) is 24.1. The van der Waals surface area contributed by atoms with Crippen LogP contribution in [0.4, 0.5) is 0 Å². The Morgan fingerprint density at radius 1 is 0.440 bits per heavy atom. The van der Waals surface area contributed by atoms with Gasteiger partial charge >= 0.3 is 0 Å². The van der Waals surface area contributed by atoms with Gasteiger partial charge in [0, 0.05) is 19.1 Å². The number of halogens is 1. The lowest BCUT2D eigenvalue weighted by Crippen LogP contribution is -2.13. The molecule has 0 aromatic carbocycles. The maximum atomic E-state index is 5.62. The van der Waals surface area contributed by atoms with Gasteiger partial charge in [-0.1, -0.05) is 32.6 Å². The number of alkyl halides is 1. The van der Waals surface area contributed by atoms with Crippen LogP contribution in [-0.2, 0) is 23.7 Å². The molecule has 152 valence electrons. The van der Waals surface area contributed by atoms with Crippen molar-refractivity contribution >= 4 is 11.6 Å². The lowest BCUT2D eigenvalue weighted by Gasteiger charge is -2.08. The van der Waals surface area contributed by atoms with Crippen LogP contribution in [0.5, 0.6) is 0 Å². The van der Waals surface area contributed by atoms with Crippen molar-refractivity contribution in [2.24, 2.45) is 0 Å². The standard InChI is InChI=1S/C19H39ClO5/c1-2-3-7-10-21-12-14-23-16-18-25-19-17-24-15-13-22-11-8-5-4-6-9-20/h2-19H2,1H3. The number of unbranched alkanes of at least 4 members (excludes halogenated alkanes) is 5. The highest BCUT2D eigenvalue weighted by Gasteiger charge is 1.94. The highest BCUT2D eigenvalue weighted by Crippen LogP contribution is 2.01. The highest BCUT2D eigenvalue weighted by atomic mass is 35.5. The summed E-state index contributed by atoms with van der Waals surface area (Å²) in [6, 6.07) is 0. The molecule has 0 aromatic heterocycles. The molecule has 0 saturated heterocycles. The van der Waals surface area contributed by atoms with Gasteiger partial charge in [0.1, 0.15) is 0 Å². The summed E-state index contributed by atoms with van der Waals surface area (Å²) < 4.78 is 27.3. The molecular weight excluding hydrogens is 344 g/mol. The van der Waals surface area contributed by atoms with E-state index in [0.29, 0.717) is 52.9 Å². The Balaban J connectivity index is 2.94. The summed E-state index contributed by atoms with van der Waals surface area (Å²) in [7, 11) is 0. The van der Waals surface area contributed by atoms with Gasteiger partial charge in [-0.3, -0.25) is 0 Å². The van der Waals surface area contributed by atoms with E-state index in [-0.39, 0.29) is 0 Å². The Bertz CT molecular complexity index is 210. The second-order valence-electron chi connectivity index (χ2n) is 5.87. The third-order valence-corrected chi connectivity index (χ3v) is 3.82. The minimum atomic E-state index is 0.593. The molecule has 6 heteroatoms. The molecule has 0 fully saturated rings. The molecule has 0 unspecified atom stereocenters. The molecule has 0 atom stereocenters. The fourth-order valence-corrected chi connectivity index (χ4v) is 2.28. The van der Waals surface area contributed by atoms with Crippen molar-refractivity contribution < 1.29 is 23.7 Å². The molecule has 0 rings (SSSR count). The smallest absolute Gasteiger partial charge is 0.0701 e. The second kappa shape index (κ2) is 24.1. The van der Waals surface area contributed by atoms with Crippen molar-refractivity contribution in [3.63, 3.8) is 0 Å². The summed E-state index contributed by atoms with van der Waals surface area (Å²) in [4.78, 5) is 0. The molecule has 0 radical (unpaired) electrons. The van der Waals surface area contributed by atoms with Crippen LogP contribution >= 0.6 is 11.6 Å². The Morgan fingerprint density at radius 3 is 1.20 bits per heavy atom. The minimum Gasteiger partial charge on any atom is -0.379 e. The van der Waals surface area contributed by atoms with Gasteiger partial charge in [0.2, 0.25) is 0 Å². The first-order valence-corrected chi connectivity index (χ1v) is 10.4. The molecular formula is C19H39ClO5. The Kier molecular flexibility index (Phi) is 24.2. The molecule has 0 aliphatic rings. The minimum absolute atomic E-state index is 0.593. The largest absolute Gasteiger partial charge is 0.379 e. The summed E-state index contributed by atoms with van der Waals surface area (Å²) in [5.74, 6) is 0.760. The summed E-state index contributed by atoms with van der Waals surface area (Å²) in [5, 5.41) is 0. The average Bonchev–Trinajstić information content (AvgIpc) is 2.63. The van der Waals surface area contributed by atoms with Gasteiger partial charge in [0.15, 0.2) is 0 Å². The molecule has 0 heterocycles. The maximum Gasteiger partial charge on any atom is 0.0701 e. The van der Waals surface area contributed by atoms with Crippen LogP contribution < -0.4 is 0 Å². The molecule has 0 spiro atoms. The summed E-state index contributed by atoms with van der Waals surface area (Å²) >= 11 is 5.62. The van der Waals surface area contributed by atoms with E-state index in [9.17, 15) is 0 Å². The van der Waals surface area contributed by atoms with Gasteiger partial charge in [-0.25, -0.2) is 0 Å². The van der Waals surface area contributed by atoms with Gasteiger partial charge in [-0.2, -0.15) is 0 Å². The highest BCUT2D eigenvalue weighted by molar-refractivity contribution is 6.17.